The van der Waals surface area contributed by atoms with E-state index in [0.717, 1.165) is 6.08 Å². The van der Waals surface area contributed by atoms with Gasteiger partial charge in [-0.15, -0.1) is 0 Å². The first kappa shape index (κ1) is 40.7. The fourth-order valence-electron chi connectivity index (χ4n) is 4.44. The molecule has 0 aromatic rings. The first-order chi connectivity index (χ1) is 22.3. The molecule has 0 aromatic heterocycles. The van der Waals surface area contributed by atoms with Gasteiger partial charge in [-0.2, -0.15) is 0 Å². The lowest BCUT2D eigenvalue weighted by molar-refractivity contribution is -0.141. The molecule has 1 aliphatic heterocycles. The second kappa shape index (κ2) is 22.3. The Balaban J connectivity index is 2.36. The van der Waals surface area contributed by atoms with E-state index in [4.69, 9.17) is 9.47 Å². The number of amides is 7. The number of hydrogen-bond donors (Lipinski definition) is 6. The average Bonchev–Trinajstić information content (AvgIpc) is 3.51. The Morgan fingerprint density at radius 1 is 0.915 bits per heavy atom. The van der Waals surface area contributed by atoms with Crippen molar-refractivity contribution < 1.29 is 43.0 Å². The Bertz CT molecular complexity index is 1130. The molecule has 7 amide bonds. The molecule has 0 unspecified atom stereocenters. The Labute approximate surface area is 276 Å². The zero-order valence-corrected chi connectivity index (χ0v) is 27.9. The Hall–Kier alpha value is -4.31. The van der Waals surface area contributed by atoms with Crippen LogP contribution in [0.5, 0.6) is 0 Å². The maximum absolute atomic E-state index is 12.8. The van der Waals surface area contributed by atoms with Crippen LogP contribution in [-0.4, -0.2) is 117 Å². The van der Waals surface area contributed by atoms with E-state index in [0.29, 0.717) is 50.9 Å². The second-order valence-electron chi connectivity index (χ2n) is 11.5. The van der Waals surface area contributed by atoms with Gasteiger partial charge in [0.1, 0.15) is 31.5 Å². The molecule has 0 radical (unpaired) electrons. The summed E-state index contributed by atoms with van der Waals surface area (Å²) in [6, 6.07) is -2.51. The van der Waals surface area contributed by atoms with Crippen LogP contribution in [0.4, 0.5) is 0 Å². The van der Waals surface area contributed by atoms with Crippen molar-refractivity contribution in [3.63, 3.8) is 0 Å². The summed E-state index contributed by atoms with van der Waals surface area (Å²) in [7, 11) is 0. The van der Waals surface area contributed by atoms with Gasteiger partial charge < -0.3 is 46.3 Å². The summed E-state index contributed by atoms with van der Waals surface area (Å²) < 4.78 is 10.6. The van der Waals surface area contributed by atoms with E-state index < -0.39 is 54.2 Å². The molecule has 1 saturated heterocycles. The fourth-order valence-corrected chi connectivity index (χ4v) is 4.44. The van der Waals surface area contributed by atoms with E-state index in [9.17, 15) is 33.6 Å². The Morgan fingerprint density at radius 2 is 1.60 bits per heavy atom. The van der Waals surface area contributed by atoms with E-state index in [2.05, 4.69) is 45.1 Å². The topological polar surface area (TPSA) is 213 Å². The van der Waals surface area contributed by atoms with Crippen LogP contribution >= 0.6 is 0 Å². The maximum Gasteiger partial charge on any atom is 0.246 e. The number of carbonyl (C=O) groups is 7. The van der Waals surface area contributed by atoms with E-state index in [1.807, 2.05) is 13.8 Å². The van der Waals surface area contributed by atoms with E-state index in [-0.39, 0.29) is 44.3 Å². The summed E-state index contributed by atoms with van der Waals surface area (Å²) in [5, 5.41) is 15.6. The summed E-state index contributed by atoms with van der Waals surface area (Å²) in [5.74, 6) is -2.95. The van der Waals surface area contributed by atoms with Crippen LogP contribution in [0.1, 0.15) is 53.4 Å². The number of ether oxygens (including phenoxy) is 2. The quantitative estimate of drug-likeness (QED) is 0.0456. The summed E-state index contributed by atoms with van der Waals surface area (Å²) >= 11 is 0. The van der Waals surface area contributed by atoms with Gasteiger partial charge >= 0.3 is 0 Å². The molecule has 6 N–H and O–H groups in total. The van der Waals surface area contributed by atoms with Crippen LogP contribution in [0.3, 0.4) is 0 Å². The van der Waals surface area contributed by atoms with Crippen molar-refractivity contribution in [3.05, 3.63) is 24.8 Å². The second-order valence-corrected chi connectivity index (χ2v) is 11.5. The number of carbonyl (C=O) groups excluding carboxylic acids is 7. The first-order valence-corrected chi connectivity index (χ1v) is 15.7. The fraction of sp³-hybridized carbons (Fsp3) is 0.645. The first-order valence-electron chi connectivity index (χ1n) is 15.7. The third-order valence-corrected chi connectivity index (χ3v) is 6.84. The molecular weight excluding hydrogens is 614 g/mol. The molecule has 1 heterocycles. The van der Waals surface area contributed by atoms with E-state index in [1.54, 1.807) is 6.92 Å². The summed E-state index contributed by atoms with van der Waals surface area (Å²) in [6.07, 6.45) is 2.96. The molecule has 0 bridgehead atoms. The molecule has 0 aliphatic carbocycles. The van der Waals surface area contributed by atoms with Crippen LogP contribution in [0.25, 0.3) is 0 Å². The molecule has 0 aromatic carbocycles. The van der Waals surface area contributed by atoms with Gasteiger partial charge in [-0.05, 0) is 51.5 Å². The van der Waals surface area contributed by atoms with Gasteiger partial charge in [0.2, 0.25) is 41.4 Å². The molecular formula is C31H51N7O9. The van der Waals surface area contributed by atoms with Gasteiger partial charge in [-0.25, -0.2) is 0 Å². The minimum absolute atomic E-state index is 0.0674. The average molecular weight is 666 g/mol. The highest BCUT2D eigenvalue weighted by Crippen LogP contribution is 2.18. The maximum atomic E-state index is 12.8. The molecule has 16 nitrogen and oxygen atoms in total. The zero-order chi connectivity index (χ0) is 35.4. The third kappa shape index (κ3) is 16.7. The largest absolute Gasteiger partial charge is 0.369 e. The Kier molecular flexibility index (Phi) is 19.3. The zero-order valence-electron chi connectivity index (χ0n) is 27.9. The van der Waals surface area contributed by atoms with Gasteiger partial charge in [0, 0.05) is 25.2 Å². The molecule has 0 spiro atoms. The minimum atomic E-state index is -0.879. The Morgan fingerprint density at radius 3 is 2.26 bits per heavy atom. The predicted molar refractivity (Wildman–Crippen MR) is 172 cm³/mol. The van der Waals surface area contributed by atoms with Crippen LogP contribution in [0.2, 0.25) is 0 Å². The monoisotopic (exact) mass is 665 g/mol. The highest BCUT2D eigenvalue weighted by molar-refractivity contribution is 5.96. The molecule has 264 valence electrons. The van der Waals surface area contributed by atoms with Crippen molar-refractivity contribution in [2.75, 3.05) is 52.7 Å². The van der Waals surface area contributed by atoms with E-state index >= 15 is 0 Å². The molecule has 3 atom stereocenters. The SMILES string of the molecule is C=CC(=O)N[C@@H](C)C(=O)N1CCC[C@H]1C(=O)NCC(=O)N[C@@H](CC(C)C)C(=O)NCOCCOCC(=O)NCCCNC(=O)C(=C)C. The van der Waals surface area contributed by atoms with E-state index in [1.165, 1.54) is 11.8 Å². The van der Waals surface area contributed by atoms with Crippen LogP contribution in [-0.2, 0) is 43.0 Å². The van der Waals surface area contributed by atoms with Crippen molar-refractivity contribution >= 4 is 41.4 Å². The number of nitrogens with zero attached hydrogens (tertiary/aromatic N) is 1. The number of likely N-dealkylation sites (tertiary alicyclic amines) is 1. The lowest BCUT2D eigenvalue weighted by Gasteiger charge is -2.27. The summed E-state index contributed by atoms with van der Waals surface area (Å²) in [4.78, 5) is 87.1. The van der Waals surface area contributed by atoms with Gasteiger partial charge in [0.15, 0.2) is 0 Å². The van der Waals surface area contributed by atoms with Crippen LogP contribution < -0.4 is 31.9 Å². The summed E-state index contributed by atoms with van der Waals surface area (Å²) in [6.45, 7) is 14.4. The van der Waals surface area contributed by atoms with Crippen molar-refractivity contribution in [2.24, 2.45) is 5.92 Å². The summed E-state index contributed by atoms with van der Waals surface area (Å²) in [5.41, 5.74) is 0.415. The molecule has 16 heteroatoms. The van der Waals surface area contributed by atoms with Gasteiger partial charge in [-0.3, -0.25) is 33.6 Å². The number of nitrogens with one attached hydrogen (secondary N) is 6. The number of hydrogen-bond acceptors (Lipinski definition) is 9. The van der Waals surface area contributed by atoms with Gasteiger partial charge in [-0.1, -0.05) is 27.0 Å². The highest BCUT2D eigenvalue weighted by atomic mass is 16.5. The highest BCUT2D eigenvalue weighted by Gasteiger charge is 2.36. The van der Waals surface area contributed by atoms with Crippen molar-refractivity contribution in [3.8, 4) is 0 Å². The smallest absolute Gasteiger partial charge is 0.246 e. The molecule has 47 heavy (non-hydrogen) atoms. The molecule has 1 aliphatic rings. The molecule has 1 rings (SSSR count). The minimum Gasteiger partial charge on any atom is -0.369 e. The van der Waals surface area contributed by atoms with Crippen molar-refractivity contribution in [2.45, 2.75) is 71.5 Å². The van der Waals surface area contributed by atoms with Gasteiger partial charge in [0.25, 0.3) is 0 Å². The normalized spacial score (nSPS) is 15.2. The molecule has 1 fully saturated rings. The van der Waals surface area contributed by atoms with Crippen molar-refractivity contribution in [1.29, 1.82) is 0 Å². The van der Waals surface area contributed by atoms with Gasteiger partial charge in [0.05, 0.1) is 19.8 Å². The molecule has 0 saturated carbocycles. The third-order valence-electron chi connectivity index (χ3n) is 6.84. The lowest BCUT2D eigenvalue weighted by Crippen LogP contribution is -2.54. The standard InChI is InChI=1S/C31H51N7O9/c1-7-25(39)36-22(6)31(45)38-13-8-10-24(38)30(44)34-17-26(40)37-23(16-20(2)3)29(43)35-19-47-15-14-46-18-27(41)32-11-9-12-33-28(42)21(4)5/h7,20,22-24H,1,4,8-19H2,2-3,5-6H3,(H,32,41)(H,33,42)(H,34,44)(H,35,43)(H,36,39)(H,37,40)/t22-,23-,24-/m0/s1. The lowest BCUT2D eigenvalue weighted by atomic mass is 10.0. The number of rotatable bonds is 22. The van der Waals surface area contributed by atoms with Crippen molar-refractivity contribution in [1.82, 2.24) is 36.8 Å². The van der Waals surface area contributed by atoms with Crippen LogP contribution in [0.15, 0.2) is 24.8 Å². The van der Waals surface area contributed by atoms with Crippen LogP contribution in [0, 0.1) is 5.92 Å². The predicted octanol–water partition coefficient (Wildman–Crippen LogP) is -1.38.